The van der Waals surface area contributed by atoms with Gasteiger partial charge in [-0.2, -0.15) is 0 Å². The van der Waals surface area contributed by atoms with Crippen molar-refractivity contribution in [2.45, 2.75) is 38.9 Å². The predicted octanol–water partition coefficient (Wildman–Crippen LogP) is 2.26. The maximum absolute atomic E-state index is 3.59. The highest BCUT2D eigenvalue weighted by Gasteiger charge is 2.23. The summed E-state index contributed by atoms with van der Waals surface area (Å²) in [6, 6.07) is 12.1. The third-order valence-corrected chi connectivity index (χ3v) is 3.50. The third-order valence-electron chi connectivity index (χ3n) is 3.50. The zero-order chi connectivity index (χ0) is 11.4. The molecule has 1 aromatic carbocycles. The van der Waals surface area contributed by atoms with Crippen LogP contribution in [0.3, 0.4) is 0 Å². The van der Waals surface area contributed by atoms with Crippen LogP contribution in [0.25, 0.3) is 0 Å². The third kappa shape index (κ3) is 2.83. The number of nitrogens with one attached hydrogen (secondary N) is 1. The molecule has 0 radical (unpaired) electrons. The molecule has 1 heterocycles. The molecule has 2 atom stereocenters. The molecule has 1 aliphatic rings. The monoisotopic (exact) mass is 218 g/mol. The van der Waals surface area contributed by atoms with Crippen LogP contribution in [0.15, 0.2) is 30.3 Å². The van der Waals surface area contributed by atoms with Gasteiger partial charge in [-0.15, -0.1) is 0 Å². The van der Waals surface area contributed by atoms with Gasteiger partial charge in [-0.1, -0.05) is 37.3 Å². The van der Waals surface area contributed by atoms with Gasteiger partial charge in [0.2, 0.25) is 0 Å². The fraction of sp³-hybridized carbons (Fsp3) is 0.571. The Balaban J connectivity index is 1.97. The van der Waals surface area contributed by atoms with Gasteiger partial charge in [0.15, 0.2) is 0 Å². The van der Waals surface area contributed by atoms with Gasteiger partial charge < -0.3 is 5.32 Å². The predicted molar refractivity (Wildman–Crippen MR) is 68.4 cm³/mol. The summed E-state index contributed by atoms with van der Waals surface area (Å²) in [5.41, 5.74) is 1.42. The molecule has 0 spiro atoms. The molecular formula is C14H22N2. The molecule has 2 heteroatoms. The second-order valence-electron chi connectivity index (χ2n) is 4.78. The number of hydrogen-bond donors (Lipinski definition) is 1. The first-order valence-corrected chi connectivity index (χ1v) is 6.31. The van der Waals surface area contributed by atoms with Gasteiger partial charge in [-0.3, -0.25) is 4.90 Å². The van der Waals surface area contributed by atoms with Crippen LogP contribution in [0.1, 0.15) is 25.8 Å². The average molecular weight is 218 g/mol. The van der Waals surface area contributed by atoms with E-state index in [2.05, 4.69) is 54.4 Å². The molecule has 0 aliphatic carbocycles. The molecule has 1 fully saturated rings. The summed E-state index contributed by atoms with van der Waals surface area (Å²) in [7, 11) is 0. The maximum Gasteiger partial charge on any atom is 0.0237 e. The standard InChI is InChI=1S/C14H22N2/c1-3-14-11-16(12(2)9-15-14)10-13-7-5-4-6-8-13/h4-8,12,14-15H,3,9-11H2,1-2H3. The van der Waals surface area contributed by atoms with E-state index < -0.39 is 0 Å². The Kier molecular flexibility index (Phi) is 3.97. The number of nitrogens with zero attached hydrogens (tertiary/aromatic N) is 1. The quantitative estimate of drug-likeness (QED) is 0.837. The minimum absolute atomic E-state index is 0.642. The minimum Gasteiger partial charge on any atom is -0.311 e. The zero-order valence-electron chi connectivity index (χ0n) is 10.3. The largest absolute Gasteiger partial charge is 0.311 e. The molecule has 1 saturated heterocycles. The van der Waals surface area contributed by atoms with E-state index in [-0.39, 0.29) is 0 Å². The van der Waals surface area contributed by atoms with Gasteiger partial charge in [0.25, 0.3) is 0 Å². The summed E-state index contributed by atoms with van der Waals surface area (Å²) < 4.78 is 0. The minimum atomic E-state index is 0.642. The van der Waals surface area contributed by atoms with Gasteiger partial charge in [0.1, 0.15) is 0 Å². The molecule has 0 aromatic heterocycles. The van der Waals surface area contributed by atoms with Gasteiger partial charge in [-0.05, 0) is 18.9 Å². The van der Waals surface area contributed by atoms with E-state index in [1.165, 1.54) is 18.5 Å². The van der Waals surface area contributed by atoms with E-state index >= 15 is 0 Å². The molecule has 1 aliphatic heterocycles. The lowest BCUT2D eigenvalue weighted by molar-refractivity contribution is 0.131. The Bertz CT molecular complexity index is 310. The fourth-order valence-corrected chi connectivity index (χ4v) is 2.31. The summed E-state index contributed by atoms with van der Waals surface area (Å²) in [5, 5.41) is 3.59. The first kappa shape index (κ1) is 11.6. The zero-order valence-corrected chi connectivity index (χ0v) is 10.3. The molecule has 1 N–H and O–H groups in total. The second-order valence-corrected chi connectivity index (χ2v) is 4.78. The van der Waals surface area contributed by atoms with Crippen molar-refractivity contribution in [1.29, 1.82) is 0 Å². The smallest absolute Gasteiger partial charge is 0.0237 e. The van der Waals surface area contributed by atoms with Crippen LogP contribution in [0.2, 0.25) is 0 Å². The average Bonchev–Trinajstić information content (AvgIpc) is 2.33. The normalized spacial score (nSPS) is 26.9. The molecule has 0 amide bonds. The SMILES string of the molecule is CCC1CN(Cc2ccccc2)C(C)CN1. The Morgan fingerprint density at radius 2 is 2.06 bits per heavy atom. The molecule has 2 unspecified atom stereocenters. The van der Waals surface area contributed by atoms with Crippen molar-refractivity contribution in [3.8, 4) is 0 Å². The van der Waals surface area contributed by atoms with Crippen molar-refractivity contribution in [2.75, 3.05) is 13.1 Å². The summed E-state index contributed by atoms with van der Waals surface area (Å²) in [6.45, 7) is 7.94. The molecule has 16 heavy (non-hydrogen) atoms. The number of piperazine rings is 1. The Labute approximate surface area is 98.7 Å². The van der Waals surface area contributed by atoms with Gasteiger partial charge in [0.05, 0.1) is 0 Å². The van der Waals surface area contributed by atoms with Crippen LogP contribution in [0, 0.1) is 0 Å². The van der Waals surface area contributed by atoms with Crippen molar-refractivity contribution in [3.05, 3.63) is 35.9 Å². The molecule has 88 valence electrons. The summed E-state index contributed by atoms with van der Waals surface area (Å²) in [4.78, 5) is 2.58. The van der Waals surface area contributed by atoms with E-state index in [1.807, 2.05) is 0 Å². The van der Waals surface area contributed by atoms with Crippen LogP contribution in [0.4, 0.5) is 0 Å². The van der Waals surface area contributed by atoms with E-state index in [0.717, 1.165) is 13.1 Å². The van der Waals surface area contributed by atoms with E-state index in [9.17, 15) is 0 Å². The highest BCUT2D eigenvalue weighted by atomic mass is 15.2. The molecule has 1 aromatic rings. The molecule has 2 rings (SSSR count). The highest BCUT2D eigenvalue weighted by Crippen LogP contribution is 2.13. The van der Waals surface area contributed by atoms with Crippen molar-refractivity contribution >= 4 is 0 Å². The number of rotatable bonds is 3. The first-order chi connectivity index (χ1) is 7.79. The van der Waals surface area contributed by atoms with Crippen LogP contribution < -0.4 is 5.32 Å². The molecular weight excluding hydrogens is 196 g/mol. The van der Waals surface area contributed by atoms with E-state index in [0.29, 0.717) is 12.1 Å². The lowest BCUT2D eigenvalue weighted by atomic mass is 10.1. The maximum atomic E-state index is 3.59. The number of hydrogen-bond acceptors (Lipinski definition) is 2. The summed E-state index contributed by atoms with van der Waals surface area (Å²) in [6.07, 6.45) is 1.22. The Morgan fingerprint density at radius 3 is 2.75 bits per heavy atom. The molecule has 0 bridgehead atoms. The van der Waals surface area contributed by atoms with E-state index in [1.54, 1.807) is 0 Å². The van der Waals surface area contributed by atoms with Crippen LogP contribution in [-0.2, 0) is 6.54 Å². The van der Waals surface area contributed by atoms with Gasteiger partial charge in [-0.25, -0.2) is 0 Å². The van der Waals surface area contributed by atoms with Gasteiger partial charge in [0, 0.05) is 31.7 Å². The lowest BCUT2D eigenvalue weighted by Gasteiger charge is -2.38. The van der Waals surface area contributed by atoms with Crippen molar-refractivity contribution in [3.63, 3.8) is 0 Å². The van der Waals surface area contributed by atoms with Crippen molar-refractivity contribution in [2.24, 2.45) is 0 Å². The van der Waals surface area contributed by atoms with Crippen LogP contribution in [0.5, 0.6) is 0 Å². The van der Waals surface area contributed by atoms with Crippen LogP contribution in [-0.4, -0.2) is 30.1 Å². The lowest BCUT2D eigenvalue weighted by Crippen LogP contribution is -2.54. The second kappa shape index (κ2) is 5.46. The van der Waals surface area contributed by atoms with Crippen LogP contribution >= 0.6 is 0 Å². The van der Waals surface area contributed by atoms with Crippen molar-refractivity contribution < 1.29 is 0 Å². The Hall–Kier alpha value is -0.860. The summed E-state index contributed by atoms with van der Waals surface area (Å²) in [5.74, 6) is 0. The van der Waals surface area contributed by atoms with Gasteiger partial charge >= 0.3 is 0 Å². The highest BCUT2D eigenvalue weighted by molar-refractivity contribution is 5.14. The number of benzene rings is 1. The van der Waals surface area contributed by atoms with Crippen molar-refractivity contribution in [1.82, 2.24) is 10.2 Å². The topological polar surface area (TPSA) is 15.3 Å². The summed E-state index contributed by atoms with van der Waals surface area (Å²) >= 11 is 0. The molecule has 0 saturated carbocycles. The molecule has 2 nitrogen and oxygen atoms in total. The Morgan fingerprint density at radius 1 is 1.31 bits per heavy atom. The first-order valence-electron chi connectivity index (χ1n) is 6.31. The van der Waals surface area contributed by atoms with E-state index in [4.69, 9.17) is 0 Å². The fourth-order valence-electron chi connectivity index (χ4n) is 2.31.